The second-order valence-electron chi connectivity index (χ2n) is 3.26. The van der Waals surface area contributed by atoms with Gasteiger partial charge < -0.3 is 5.32 Å². The van der Waals surface area contributed by atoms with Gasteiger partial charge in [-0.15, -0.1) is 10.2 Å². The molecule has 4 nitrogen and oxygen atoms in total. The van der Waals surface area contributed by atoms with Gasteiger partial charge in [0.25, 0.3) is 0 Å². The highest BCUT2D eigenvalue weighted by molar-refractivity contribution is 8.01. The summed E-state index contributed by atoms with van der Waals surface area (Å²) in [5.74, 6) is -4.93. The van der Waals surface area contributed by atoms with Gasteiger partial charge >= 0.3 is 0 Å². The van der Waals surface area contributed by atoms with Gasteiger partial charge in [-0.1, -0.05) is 23.1 Å². The van der Waals surface area contributed by atoms with Crippen LogP contribution in [0.15, 0.2) is 22.0 Å². The molecule has 1 amide bonds. The molecule has 2 aromatic rings. The van der Waals surface area contributed by atoms with E-state index in [2.05, 4.69) is 15.5 Å². The van der Waals surface area contributed by atoms with Crippen LogP contribution in [0.3, 0.4) is 0 Å². The van der Waals surface area contributed by atoms with Crippen LogP contribution in [0.5, 0.6) is 0 Å². The Labute approximate surface area is 114 Å². The zero-order valence-electron chi connectivity index (χ0n) is 9.19. The number of benzene rings is 1. The van der Waals surface area contributed by atoms with E-state index in [1.807, 2.05) is 0 Å². The second-order valence-corrected chi connectivity index (χ2v) is 5.32. The lowest BCUT2D eigenvalue weighted by atomic mass is 10.3. The summed E-state index contributed by atoms with van der Waals surface area (Å²) in [6.07, 6.45) is 0. The second kappa shape index (κ2) is 6.02. The van der Waals surface area contributed by atoms with Crippen molar-refractivity contribution in [2.45, 2.75) is 4.34 Å². The molecule has 0 saturated carbocycles. The molecule has 1 heterocycles. The molecule has 100 valence electrons. The third-order valence-electron chi connectivity index (χ3n) is 1.98. The molecule has 0 spiro atoms. The summed E-state index contributed by atoms with van der Waals surface area (Å²) in [4.78, 5) is 11.5. The van der Waals surface area contributed by atoms with E-state index < -0.39 is 29.0 Å². The number of hydrogen-bond donors (Lipinski definition) is 1. The first-order valence-electron chi connectivity index (χ1n) is 4.90. The van der Waals surface area contributed by atoms with E-state index >= 15 is 0 Å². The average molecular weight is 305 g/mol. The highest BCUT2D eigenvalue weighted by Crippen LogP contribution is 2.21. The number of amides is 1. The van der Waals surface area contributed by atoms with Gasteiger partial charge in [-0.25, -0.2) is 13.2 Å². The van der Waals surface area contributed by atoms with Crippen LogP contribution in [0.2, 0.25) is 0 Å². The fourth-order valence-corrected chi connectivity index (χ4v) is 2.45. The fraction of sp³-hybridized carbons (Fsp3) is 0.100. The maximum atomic E-state index is 13.3. The lowest BCUT2D eigenvalue weighted by molar-refractivity contribution is -0.113. The summed E-state index contributed by atoms with van der Waals surface area (Å²) >= 11 is 2.37. The van der Waals surface area contributed by atoms with E-state index in [1.165, 1.54) is 16.8 Å². The molecule has 0 radical (unpaired) electrons. The Morgan fingerprint density at radius 1 is 1.32 bits per heavy atom. The lowest BCUT2D eigenvalue weighted by Gasteiger charge is -2.06. The quantitative estimate of drug-likeness (QED) is 0.697. The lowest BCUT2D eigenvalue weighted by Crippen LogP contribution is -2.15. The highest BCUT2D eigenvalue weighted by atomic mass is 32.2. The number of thioether (sulfide) groups is 1. The number of rotatable bonds is 4. The van der Waals surface area contributed by atoms with Crippen molar-refractivity contribution in [2.24, 2.45) is 0 Å². The minimum absolute atomic E-state index is 0.0341. The predicted molar refractivity (Wildman–Crippen MR) is 65.6 cm³/mol. The maximum absolute atomic E-state index is 13.3. The van der Waals surface area contributed by atoms with Crippen LogP contribution in [0.1, 0.15) is 0 Å². The first-order valence-corrected chi connectivity index (χ1v) is 6.76. The van der Waals surface area contributed by atoms with Crippen LogP contribution in [-0.2, 0) is 4.79 Å². The smallest absolute Gasteiger partial charge is 0.234 e. The van der Waals surface area contributed by atoms with Gasteiger partial charge in [0, 0.05) is 0 Å². The van der Waals surface area contributed by atoms with Crippen LogP contribution in [-0.4, -0.2) is 21.9 Å². The van der Waals surface area contributed by atoms with Crippen LogP contribution >= 0.6 is 23.1 Å². The molecule has 0 saturated heterocycles. The Morgan fingerprint density at radius 3 is 2.79 bits per heavy atom. The number of carbonyl (C=O) groups is 1. The monoisotopic (exact) mass is 305 g/mol. The van der Waals surface area contributed by atoms with E-state index in [1.54, 1.807) is 0 Å². The van der Waals surface area contributed by atoms with Crippen LogP contribution in [0, 0.1) is 17.5 Å². The summed E-state index contributed by atoms with van der Waals surface area (Å²) in [5, 5.41) is 9.45. The van der Waals surface area contributed by atoms with E-state index in [-0.39, 0.29) is 5.75 Å². The van der Waals surface area contributed by atoms with Gasteiger partial charge in [-0.2, -0.15) is 0 Å². The minimum Gasteiger partial charge on any atom is -0.323 e. The molecule has 0 aliphatic heterocycles. The first-order chi connectivity index (χ1) is 9.08. The van der Waals surface area contributed by atoms with Gasteiger partial charge in [0.15, 0.2) is 21.8 Å². The third kappa shape index (κ3) is 3.44. The third-order valence-corrected chi connectivity index (χ3v) is 3.84. The maximum Gasteiger partial charge on any atom is 0.234 e. The number of aromatic nitrogens is 2. The largest absolute Gasteiger partial charge is 0.323 e. The summed E-state index contributed by atoms with van der Waals surface area (Å²) in [5.41, 5.74) is 1.11. The van der Waals surface area contributed by atoms with Crippen molar-refractivity contribution >= 4 is 34.7 Å². The van der Waals surface area contributed by atoms with Crippen LogP contribution in [0.25, 0.3) is 0 Å². The summed E-state index contributed by atoms with van der Waals surface area (Å²) in [7, 11) is 0. The summed E-state index contributed by atoms with van der Waals surface area (Å²) in [6, 6.07) is 1.70. The Hall–Kier alpha value is -1.61. The topological polar surface area (TPSA) is 54.9 Å². The van der Waals surface area contributed by atoms with Gasteiger partial charge in [0.2, 0.25) is 5.91 Å². The molecule has 1 aromatic carbocycles. The molecule has 0 aliphatic rings. The molecule has 0 fully saturated rings. The average Bonchev–Trinajstić information content (AvgIpc) is 2.90. The van der Waals surface area contributed by atoms with Crippen molar-refractivity contribution in [3.63, 3.8) is 0 Å². The standard InChI is InChI=1S/C10H6F3N3OS2/c11-5-1-2-6(9(13)8(5)12)15-7(17)3-18-10-16-14-4-19-10/h1-2,4H,3H2,(H,15,17). The molecule has 0 bridgehead atoms. The van der Waals surface area contributed by atoms with Crippen molar-refractivity contribution < 1.29 is 18.0 Å². The van der Waals surface area contributed by atoms with Crippen molar-refractivity contribution in [1.82, 2.24) is 10.2 Å². The molecular formula is C10H6F3N3OS2. The van der Waals surface area contributed by atoms with E-state index in [4.69, 9.17) is 0 Å². The first kappa shape index (κ1) is 13.8. The summed E-state index contributed by atoms with van der Waals surface area (Å²) < 4.78 is 39.5. The van der Waals surface area contributed by atoms with Crippen LogP contribution < -0.4 is 5.32 Å². The van der Waals surface area contributed by atoms with Gasteiger partial charge in [-0.3, -0.25) is 4.79 Å². The van der Waals surface area contributed by atoms with Crippen molar-refractivity contribution in [1.29, 1.82) is 0 Å². The van der Waals surface area contributed by atoms with E-state index in [9.17, 15) is 18.0 Å². The molecule has 19 heavy (non-hydrogen) atoms. The summed E-state index contributed by atoms with van der Waals surface area (Å²) in [6.45, 7) is 0. The molecular weight excluding hydrogens is 299 g/mol. The van der Waals surface area contributed by atoms with Crippen LogP contribution in [0.4, 0.5) is 18.9 Å². The van der Waals surface area contributed by atoms with Crippen molar-refractivity contribution in [2.75, 3.05) is 11.1 Å². The minimum atomic E-state index is -1.62. The van der Waals surface area contributed by atoms with Crippen molar-refractivity contribution in [3.05, 3.63) is 35.1 Å². The van der Waals surface area contributed by atoms with Gasteiger partial charge in [-0.05, 0) is 12.1 Å². The fourth-order valence-electron chi connectivity index (χ4n) is 1.16. The van der Waals surface area contributed by atoms with Gasteiger partial charge in [0.1, 0.15) is 5.51 Å². The number of nitrogens with one attached hydrogen (secondary N) is 1. The van der Waals surface area contributed by atoms with E-state index in [0.29, 0.717) is 4.34 Å². The van der Waals surface area contributed by atoms with E-state index in [0.717, 1.165) is 23.9 Å². The Bertz CT molecular complexity index is 592. The molecule has 1 aromatic heterocycles. The molecule has 2 rings (SSSR count). The predicted octanol–water partition coefficient (Wildman–Crippen LogP) is 2.69. The van der Waals surface area contributed by atoms with Crippen molar-refractivity contribution in [3.8, 4) is 0 Å². The molecule has 1 N–H and O–H groups in total. The molecule has 0 unspecified atom stereocenters. The number of nitrogens with zero attached hydrogens (tertiary/aromatic N) is 2. The van der Waals surface area contributed by atoms with Gasteiger partial charge in [0.05, 0.1) is 11.4 Å². The highest BCUT2D eigenvalue weighted by Gasteiger charge is 2.15. The number of anilines is 1. The number of carbonyl (C=O) groups excluding carboxylic acids is 1. The molecule has 0 atom stereocenters. The molecule has 0 aliphatic carbocycles. The Balaban J connectivity index is 1.97. The Morgan fingerprint density at radius 2 is 2.11 bits per heavy atom. The SMILES string of the molecule is O=C(CSc1nncs1)Nc1ccc(F)c(F)c1F. The zero-order chi connectivity index (χ0) is 13.8. The number of halogens is 3. The molecule has 9 heteroatoms. The normalized spacial score (nSPS) is 10.5. The zero-order valence-corrected chi connectivity index (χ0v) is 10.8. The number of hydrogen-bond acceptors (Lipinski definition) is 5. The Kier molecular flexibility index (Phi) is 4.38.